The Hall–Kier alpha value is -3.07. The van der Waals surface area contributed by atoms with Crippen molar-refractivity contribution < 1.29 is 4.52 Å². The van der Waals surface area contributed by atoms with Gasteiger partial charge in [0.1, 0.15) is 5.69 Å². The molecule has 0 aliphatic heterocycles. The molecule has 2 aromatic heterocycles. The minimum atomic E-state index is 0.776. The standard InChI is InChI=1S/C19H14N2O/c1-2-6-15(7-3-1)18-14-19(22-20-18)16-8-10-17(11-9-16)21-12-4-5-13-21/h1-14H. The lowest BCUT2D eigenvalue weighted by Crippen LogP contribution is -1.88. The molecule has 0 atom stereocenters. The van der Waals surface area contributed by atoms with Crippen LogP contribution in [0.25, 0.3) is 28.3 Å². The molecule has 4 aromatic rings. The molecule has 3 heteroatoms. The fourth-order valence-electron chi connectivity index (χ4n) is 2.46. The lowest BCUT2D eigenvalue weighted by atomic mass is 10.1. The molecule has 0 saturated carbocycles. The highest BCUT2D eigenvalue weighted by molar-refractivity contribution is 5.67. The molecular formula is C19H14N2O. The summed E-state index contributed by atoms with van der Waals surface area (Å²) in [7, 11) is 0. The van der Waals surface area contributed by atoms with Crippen LogP contribution in [0.1, 0.15) is 0 Å². The Morgan fingerprint density at radius 3 is 2.18 bits per heavy atom. The molecule has 22 heavy (non-hydrogen) atoms. The molecule has 0 spiro atoms. The van der Waals surface area contributed by atoms with Crippen LogP contribution in [-0.2, 0) is 0 Å². The summed E-state index contributed by atoms with van der Waals surface area (Å²) in [5, 5.41) is 4.15. The van der Waals surface area contributed by atoms with Crippen molar-refractivity contribution in [3.63, 3.8) is 0 Å². The summed E-state index contributed by atoms with van der Waals surface area (Å²) < 4.78 is 7.55. The number of aromatic nitrogens is 2. The van der Waals surface area contributed by atoms with Crippen molar-refractivity contribution in [2.45, 2.75) is 0 Å². The van der Waals surface area contributed by atoms with Gasteiger partial charge in [0.25, 0.3) is 0 Å². The van der Waals surface area contributed by atoms with Crippen LogP contribution in [0.2, 0.25) is 0 Å². The molecule has 2 aromatic carbocycles. The van der Waals surface area contributed by atoms with Gasteiger partial charge in [0.2, 0.25) is 0 Å². The molecule has 2 heterocycles. The van der Waals surface area contributed by atoms with E-state index in [-0.39, 0.29) is 0 Å². The van der Waals surface area contributed by atoms with Gasteiger partial charge in [0.05, 0.1) is 0 Å². The first kappa shape index (κ1) is 12.7. The third-order valence-electron chi connectivity index (χ3n) is 3.63. The average Bonchev–Trinajstić information content (AvgIpc) is 3.28. The topological polar surface area (TPSA) is 31.0 Å². The third kappa shape index (κ3) is 2.33. The lowest BCUT2D eigenvalue weighted by Gasteiger charge is -2.03. The maximum Gasteiger partial charge on any atom is 0.167 e. The van der Waals surface area contributed by atoms with Crippen LogP contribution in [0.15, 0.2) is 89.7 Å². The minimum absolute atomic E-state index is 0.776. The van der Waals surface area contributed by atoms with Crippen LogP contribution in [0, 0.1) is 0 Å². The Bertz CT molecular complexity index is 859. The van der Waals surface area contributed by atoms with Gasteiger partial charge in [-0.25, -0.2) is 0 Å². The summed E-state index contributed by atoms with van der Waals surface area (Å²) in [6.07, 6.45) is 4.05. The van der Waals surface area contributed by atoms with E-state index in [1.807, 2.05) is 73.1 Å². The van der Waals surface area contributed by atoms with Crippen molar-refractivity contribution >= 4 is 0 Å². The average molecular weight is 286 g/mol. The molecule has 0 aliphatic rings. The summed E-state index contributed by atoms with van der Waals surface area (Å²) in [6, 6.07) is 24.3. The molecule has 0 saturated heterocycles. The van der Waals surface area contributed by atoms with E-state index >= 15 is 0 Å². The first-order chi connectivity index (χ1) is 10.9. The monoisotopic (exact) mass is 286 g/mol. The molecule has 0 unspecified atom stereocenters. The van der Waals surface area contributed by atoms with Crippen LogP contribution >= 0.6 is 0 Å². The number of hydrogen-bond acceptors (Lipinski definition) is 2. The van der Waals surface area contributed by atoms with Crippen molar-refractivity contribution in [3.05, 3.63) is 85.2 Å². The first-order valence-electron chi connectivity index (χ1n) is 7.16. The van der Waals surface area contributed by atoms with E-state index in [0.29, 0.717) is 0 Å². The summed E-state index contributed by atoms with van der Waals surface area (Å²) in [6.45, 7) is 0. The van der Waals surface area contributed by atoms with Crippen LogP contribution in [-0.4, -0.2) is 9.72 Å². The zero-order valence-corrected chi connectivity index (χ0v) is 11.9. The molecule has 3 nitrogen and oxygen atoms in total. The van der Waals surface area contributed by atoms with Crippen LogP contribution in [0.4, 0.5) is 0 Å². The van der Waals surface area contributed by atoms with E-state index in [2.05, 4.69) is 21.9 Å². The van der Waals surface area contributed by atoms with Gasteiger partial charge in [-0.3, -0.25) is 0 Å². The van der Waals surface area contributed by atoms with Crippen molar-refractivity contribution in [2.24, 2.45) is 0 Å². The normalized spacial score (nSPS) is 10.7. The highest BCUT2D eigenvalue weighted by Gasteiger charge is 2.08. The van der Waals surface area contributed by atoms with Gasteiger partial charge in [-0.2, -0.15) is 0 Å². The predicted octanol–water partition coefficient (Wildman–Crippen LogP) is 4.80. The second-order valence-corrected chi connectivity index (χ2v) is 5.08. The molecular weight excluding hydrogens is 272 g/mol. The Morgan fingerprint density at radius 1 is 0.727 bits per heavy atom. The van der Waals surface area contributed by atoms with Crippen LogP contribution in [0.5, 0.6) is 0 Å². The Morgan fingerprint density at radius 2 is 1.45 bits per heavy atom. The van der Waals surface area contributed by atoms with Gasteiger partial charge < -0.3 is 9.09 Å². The summed E-state index contributed by atoms with van der Waals surface area (Å²) >= 11 is 0. The molecule has 0 amide bonds. The van der Waals surface area contributed by atoms with E-state index in [4.69, 9.17) is 4.52 Å². The number of hydrogen-bond donors (Lipinski definition) is 0. The molecule has 0 radical (unpaired) electrons. The lowest BCUT2D eigenvalue weighted by molar-refractivity contribution is 0.435. The fraction of sp³-hybridized carbons (Fsp3) is 0. The smallest absolute Gasteiger partial charge is 0.167 e. The van der Waals surface area contributed by atoms with Crippen molar-refractivity contribution in [1.82, 2.24) is 9.72 Å². The zero-order valence-electron chi connectivity index (χ0n) is 11.9. The third-order valence-corrected chi connectivity index (χ3v) is 3.63. The van der Waals surface area contributed by atoms with Crippen molar-refractivity contribution in [3.8, 4) is 28.3 Å². The van der Waals surface area contributed by atoms with E-state index in [0.717, 1.165) is 28.3 Å². The Labute approximate surface area is 128 Å². The second kappa shape index (κ2) is 5.37. The van der Waals surface area contributed by atoms with Crippen LogP contribution in [0.3, 0.4) is 0 Å². The fourth-order valence-corrected chi connectivity index (χ4v) is 2.46. The summed E-state index contributed by atoms with van der Waals surface area (Å²) in [5.74, 6) is 0.776. The molecule has 0 bridgehead atoms. The van der Waals surface area contributed by atoms with Crippen molar-refractivity contribution in [1.29, 1.82) is 0 Å². The Kier molecular flexibility index (Phi) is 3.09. The second-order valence-electron chi connectivity index (χ2n) is 5.08. The van der Waals surface area contributed by atoms with Crippen molar-refractivity contribution in [2.75, 3.05) is 0 Å². The SMILES string of the molecule is c1ccc(-c2cc(-c3ccc(-n4cccc4)cc3)on2)cc1. The maximum absolute atomic E-state index is 5.48. The molecule has 0 aliphatic carbocycles. The van der Waals surface area contributed by atoms with Gasteiger partial charge in [-0.15, -0.1) is 0 Å². The highest BCUT2D eigenvalue weighted by Crippen LogP contribution is 2.26. The molecule has 0 fully saturated rings. The van der Waals surface area contributed by atoms with E-state index in [1.165, 1.54) is 0 Å². The quantitative estimate of drug-likeness (QED) is 0.541. The van der Waals surface area contributed by atoms with Gasteiger partial charge in [0, 0.05) is 35.3 Å². The van der Waals surface area contributed by atoms with Gasteiger partial charge in [0.15, 0.2) is 5.76 Å². The maximum atomic E-state index is 5.48. The number of nitrogens with zero attached hydrogens (tertiary/aromatic N) is 2. The number of rotatable bonds is 3. The largest absolute Gasteiger partial charge is 0.356 e. The minimum Gasteiger partial charge on any atom is -0.356 e. The summed E-state index contributed by atoms with van der Waals surface area (Å²) in [4.78, 5) is 0. The van der Waals surface area contributed by atoms with E-state index in [9.17, 15) is 0 Å². The van der Waals surface area contributed by atoms with Gasteiger partial charge in [-0.1, -0.05) is 35.5 Å². The molecule has 4 rings (SSSR count). The van der Waals surface area contributed by atoms with Gasteiger partial charge in [-0.05, 0) is 36.4 Å². The van der Waals surface area contributed by atoms with Gasteiger partial charge >= 0.3 is 0 Å². The zero-order chi connectivity index (χ0) is 14.8. The van der Waals surface area contributed by atoms with E-state index in [1.54, 1.807) is 0 Å². The molecule has 0 N–H and O–H groups in total. The molecule has 106 valence electrons. The summed E-state index contributed by atoms with van der Waals surface area (Å²) in [5.41, 5.74) is 4.05. The van der Waals surface area contributed by atoms with Crippen LogP contribution < -0.4 is 0 Å². The first-order valence-corrected chi connectivity index (χ1v) is 7.16. The Balaban J connectivity index is 1.64. The number of benzene rings is 2. The predicted molar refractivity (Wildman–Crippen MR) is 86.7 cm³/mol. The highest BCUT2D eigenvalue weighted by atomic mass is 16.5. The van der Waals surface area contributed by atoms with E-state index < -0.39 is 0 Å².